The van der Waals surface area contributed by atoms with Gasteiger partial charge in [-0.05, 0) is 29.8 Å². The van der Waals surface area contributed by atoms with Crippen molar-refractivity contribution in [2.75, 3.05) is 19.6 Å². The lowest BCUT2D eigenvalue weighted by molar-refractivity contribution is -0.395. The topological polar surface area (TPSA) is 202 Å². The van der Waals surface area contributed by atoms with Crippen molar-refractivity contribution < 1.29 is 19.7 Å². The van der Waals surface area contributed by atoms with E-state index in [2.05, 4.69) is 10.2 Å². The molecule has 14 heteroatoms. The molecule has 1 aliphatic heterocycles. The summed E-state index contributed by atoms with van der Waals surface area (Å²) in [4.78, 5) is 47.8. The molecule has 2 heterocycles. The molecule has 1 aliphatic rings. The summed E-state index contributed by atoms with van der Waals surface area (Å²) >= 11 is 0. The van der Waals surface area contributed by atoms with Gasteiger partial charge >= 0.3 is 0 Å². The molecule has 1 radical (unpaired) electrons. The largest absolute Gasteiger partial charge is 0.579 e. The zero-order chi connectivity index (χ0) is 28.6. The Bertz CT molecular complexity index is 1720. The molecule has 0 spiro atoms. The number of nitrogens with zero attached hydrogens (tertiary/aromatic N) is 5. The molecule has 4 aromatic rings. The number of benzene rings is 3. The zero-order valence-corrected chi connectivity index (χ0v) is 20.7. The van der Waals surface area contributed by atoms with Crippen LogP contribution in [0.4, 0.5) is 11.4 Å². The molecule has 14 nitrogen and oxygen atoms in total. The summed E-state index contributed by atoms with van der Waals surface area (Å²) in [7, 11) is 0. The minimum absolute atomic E-state index is 0.0677. The van der Waals surface area contributed by atoms with Crippen molar-refractivity contribution in [3.63, 3.8) is 0 Å². The smallest absolute Gasteiger partial charge is 0.296 e. The number of nitrogens with one attached hydrogen (secondary N) is 1. The third kappa shape index (κ3) is 4.77. The van der Waals surface area contributed by atoms with Crippen molar-refractivity contribution in [1.82, 2.24) is 20.2 Å². The van der Waals surface area contributed by atoms with Gasteiger partial charge < -0.3 is 15.2 Å². The first-order valence-electron chi connectivity index (χ1n) is 12.0. The maximum Gasteiger partial charge on any atom is 0.296 e. The maximum absolute atomic E-state index is 13.5. The minimum atomic E-state index is -2.51. The molecule has 1 unspecified atom stereocenters. The molecule has 0 aliphatic carbocycles. The quantitative estimate of drug-likeness (QED) is 0.158. The molecule has 2 N–H and O–H groups in total. The summed E-state index contributed by atoms with van der Waals surface area (Å²) in [6, 6.07) is 16.2. The number of H-pyrrole nitrogens is 1. The predicted octanol–water partition coefficient (Wildman–Crippen LogP) is 2.27. The number of aromatic amines is 1. The molecule has 40 heavy (non-hydrogen) atoms. The molecule has 203 valence electrons. The Labute approximate surface area is 225 Å². The van der Waals surface area contributed by atoms with Crippen LogP contribution in [0.3, 0.4) is 0 Å². The summed E-state index contributed by atoms with van der Waals surface area (Å²) in [6.45, 7) is -1.03. The first kappa shape index (κ1) is 26.6. The molecule has 3 aromatic carbocycles. The van der Waals surface area contributed by atoms with E-state index in [4.69, 9.17) is 0 Å². The summed E-state index contributed by atoms with van der Waals surface area (Å²) in [6.07, 6.45) is 0.297. The number of non-ortho nitro benzene ring substituents is 1. The SMILES string of the molecule is O=C(c1cccc(Cc2n[nH]c(=O)c3ccccc23)c1)N1CC[N+]([O-])C(O)(c2ccc([N+](=O)[O-])cc2[N+](=O)[O-])C1. The predicted molar refractivity (Wildman–Crippen MR) is 142 cm³/mol. The highest BCUT2D eigenvalue weighted by Gasteiger charge is 2.51. The Morgan fingerprint density at radius 1 is 1.05 bits per heavy atom. The molecule has 1 saturated heterocycles. The van der Waals surface area contributed by atoms with Crippen molar-refractivity contribution in [3.05, 3.63) is 125 Å². The van der Waals surface area contributed by atoms with E-state index in [-0.39, 0.29) is 29.3 Å². The molecule has 5 rings (SSSR count). The number of hydrogen-bond acceptors (Lipinski definition) is 10. The first-order valence-corrected chi connectivity index (χ1v) is 12.0. The van der Waals surface area contributed by atoms with Gasteiger partial charge in [0.1, 0.15) is 18.7 Å². The third-order valence-corrected chi connectivity index (χ3v) is 6.82. The van der Waals surface area contributed by atoms with E-state index in [1.165, 1.54) is 4.90 Å². The van der Waals surface area contributed by atoms with E-state index < -0.39 is 45.0 Å². The number of aliphatic hydroxyl groups is 1. The number of hydroxylamine groups is 2. The van der Waals surface area contributed by atoms with Crippen LogP contribution < -0.4 is 10.6 Å². The lowest BCUT2D eigenvalue weighted by atomic mass is 9.96. The van der Waals surface area contributed by atoms with Gasteiger partial charge in [-0.25, -0.2) is 5.10 Å². The van der Waals surface area contributed by atoms with Crippen molar-refractivity contribution in [3.8, 4) is 0 Å². The van der Waals surface area contributed by atoms with Crippen LogP contribution in [0.15, 0.2) is 71.5 Å². The van der Waals surface area contributed by atoms with E-state index in [0.717, 1.165) is 12.1 Å². The van der Waals surface area contributed by atoms with E-state index in [1.54, 1.807) is 48.5 Å². The number of fused-ring (bicyclic) bond motifs is 1. The Kier molecular flexibility index (Phi) is 6.81. The summed E-state index contributed by atoms with van der Waals surface area (Å²) in [5.74, 6) is -0.530. The third-order valence-electron chi connectivity index (χ3n) is 6.82. The number of carbonyl (C=O) groups is 1. The van der Waals surface area contributed by atoms with E-state index in [0.29, 0.717) is 34.5 Å². The highest BCUT2D eigenvalue weighted by atomic mass is 16.6. The Morgan fingerprint density at radius 3 is 2.52 bits per heavy atom. The molecule has 0 saturated carbocycles. The summed E-state index contributed by atoms with van der Waals surface area (Å²) in [5.41, 5.74) is -3.13. The van der Waals surface area contributed by atoms with Gasteiger partial charge in [0, 0.05) is 23.4 Å². The maximum atomic E-state index is 13.5. The molecule has 0 bridgehead atoms. The number of carbonyl (C=O) groups excluding carboxylic acids is 1. The van der Waals surface area contributed by atoms with Crippen molar-refractivity contribution in [2.45, 2.75) is 12.1 Å². The number of nitro groups is 2. The van der Waals surface area contributed by atoms with Crippen molar-refractivity contribution in [1.29, 1.82) is 0 Å². The normalized spacial score (nSPS) is 17.6. The second kappa shape index (κ2) is 10.3. The van der Waals surface area contributed by atoms with Gasteiger partial charge in [0.15, 0.2) is 0 Å². The molecular weight excluding hydrogens is 524 g/mol. The van der Waals surface area contributed by atoms with Crippen LogP contribution in [0.25, 0.3) is 10.8 Å². The van der Waals surface area contributed by atoms with Crippen LogP contribution in [-0.2, 0) is 12.1 Å². The van der Waals surface area contributed by atoms with Gasteiger partial charge in [-0.1, -0.05) is 30.3 Å². The van der Waals surface area contributed by atoms with Crippen LogP contribution in [0.5, 0.6) is 0 Å². The lowest BCUT2D eigenvalue weighted by Crippen LogP contribution is -2.62. The second-order valence-corrected chi connectivity index (χ2v) is 9.28. The highest BCUT2D eigenvalue weighted by Crippen LogP contribution is 2.36. The fraction of sp³-hybridized carbons (Fsp3) is 0.192. The van der Waals surface area contributed by atoms with Gasteiger partial charge in [-0.3, -0.25) is 29.8 Å². The van der Waals surface area contributed by atoms with Gasteiger partial charge in [0.25, 0.3) is 28.6 Å². The lowest BCUT2D eigenvalue weighted by Gasteiger charge is -2.41. The Morgan fingerprint density at radius 2 is 1.80 bits per heavy atom. The second-order valence-electron chi connectivity index (χ2n) is 9.28. The number of rotatable bonds is 6. The monoisotopic (exact) mass is 545 g/mol. The fourth-order valence-electron chi connectivity index (χ4n) is 4.83. The molecular formula is C26H21N6O8. The standard InChI is InChI=1S/C26H21N6O8/c33-24-20-7-2-1-6-19(20)22(27-28-24)13-16-4-3-5-17(12-16)25(34)29-10-11-30(36)26(35,15-29)21-9-8-18(31(37)38)14-23(21)32(39)40/h1-9,12,14,35H,10-11,13,15H2,(H,28,33). The average molecular weight is 545 g/mol. The Balaban J connectivity index is 1.43. The summed E-state index contributed by atoms with van der Waals surface area (Å²) < 4.78 is 0. The fourth-order valence-corrected chi connectivity index (χ4v) is 4.83. The number of β-amino-alcohol motifs (C(OH)–C–C–N with tert-alkyl or cyclic N) is 1. The number of piperazine rings is 1. The zero-order valence-electron chi connectivity index (χ0n) is 20.7. The highest BCUT2D eigenvalue weighted by molar-refractivity contribution is 5.94. The number of aromatic nitrogens is 2. The van der Waals surface area contributed by atoms with Crippen LogP contribution in [-0.4, -0.2) is 55.6 Å². The first-order chi connectivity index (χ1) is 19.1. The summed E-state index contributed by atoms with van der Waals surface area (Å²) in [5, 5.41) is 54.8. The molecule has 1 amide bonds. The van der Waals surface area contributed by atoms with Crippen LogP contribution in [0.2, 0.25) is 0 Å². The van der Waals surface area contributed by atoms with Crippen LogP contribution >= 0.6 is 0 Å². The van der Waals surface area contributed by atoms with Crippen LogP contribution in [0.1, 0.15) is 27.2 Å². The molecule has 1 fully saturated rings. The molecule has 1 atom stereocenters. The van der Waals surface area contributed by atoms with Gasteiger partial charge in [-0.15, -0.1) is 0 Å². The van der Waals surface area contributed by atoms with Crippen LogP contribution in [0, 0.1) is 25.4 Å². The van der Waals surface area contributed by atoms with E-state index in [1.807, 2.05) is 0 Å². The number of hydrogen-bond donors (Lipinski definition) is 2. The van der Waals surface area contributed by atoms with Crippen molar-refractivity contribution >= 4 is 28.1 Å². The van der Waals surface area contributed by atoms with Gasteiger partial charge in [0.2, 0.25) is 0 Å². The van der Waals surface area contributed by atoms with Gasteiger partial charge in [-0.2, -0.15) is 10.2 Å². The average Bonchev–Trinajstić information content (AvgIpc) is 2.95. The van der Waals surface area contributed by atoms with Gasteiger partial charge in [0.05, 0.1) is 33.5 Å². The van der Waals surface area contributed by atoms with Crippen molar-refractivity contribution in [2.24, 2.45) is 0 Å². The minimum Gasteiger partial charge on any atom is -0.579 e. The Hall–Kier alpha value is -5.05. The van der Waals surface area contributed by atoms with E-state index in [9.17, 15) is 40.1 Å². The number of nitro benzene ring substituents is 2. The number of amides is 1. The molecule has 1 aromatic heterocycles. The van der Waals surface area contributed by atoms with E-state index >= 15 is 0 Å².